The van der Waals surface area contributed by atoms with Gasteiger partial charge in [0.1, 0.15) is 0 Å². The Balaban J connectivity index is 1.61. The van der Waals surface area contributed by atoms with Crippen LogP contribution in [0.5, 0.6) is 0 Å². The fourth-order valence-corrected chi connectivity index (χ4v) is 8.43. The van der Waals surface area contributed by atoms with Gasteiger partial charge in [0.05, 0.1) is 12.0 Å². The highest BCUT2D eigenvalue weighted by molar-refractivity contribution is 6.10. The van der Waals surface area contributed by atoms with Crippen molar-refractivity contribution >= 4 is 17.5 Å². The Morgan fingerprint density at radius 2 is 1.82 bits per heavy atom. The van der Waals surface area contributed by atoms with Gasteiger partial charge in [-0.25, -0.2) is 0 Å². The summed E-state index contributed by atoms with van der Waals surface area (Å²) in [6.07, 6.45) is 5.46. The molecule has 0 saturated heterocycles. The number of rotatable bonds is 6. The van der Waals surface area contributed by atoms with Crippen molar-refractivity contribution in [3.8, 4) is 0 Å². The first-order chi connectivity index (χ1) is 15.8. The van der Waals surface area contributed by atoms with E-state index in [4.69, 9.17) is 0 Å². The average molecular weight is 471 g/mol. The zero-order valence-electron chi connectivity index (χ0n) is 21.5. The summed E-state index contributed by atoms with van der Waals surface area (Å²) in [6.45, 7) is 14.3. The molecule has 4 rings (SSSR count). The number of hydrogen-bond acceptors (Lipinski definition) is 4. The van der Waals surface area contributed by atoms with Crippen molar-refractivity contribution < 1.29 is 24.6 Å². The fourth-order valence-electron chi connectivity index (χ4n) is 8.43. The molecule has 0 bridgehead atoms. The molecule has 0 spiro atoms. The molecule has 188 valence electrons. The lowest BCUT2D eigenvalue weighted by Gasteiger charge is -2.55. The van der Waals surface area contributed by atoms with Gasteiger partial charge in [0, 0.05) is 29.4 Å². The van der Waals surface area contributed by atoms with Gasteiger partial charge < -0.3 is 10.2 Å². The summed E-state index contributed by atoms with van der Waals surface area (Å²) in [5.74, 6) is -0.252. The van der Waals surface area contributed by atoms with E-state index in [1.165, 1.54) is 0 Å². The maximum Gasteiger partial charge on any atom is 0.310 e. The Morgan fingerprint density at radius 3 is 2.47 bits per heavy atom. The van der Waals surface area contributed by atoms with E-state index in [-0.39, 0.29) is 40.2 Å². The number of carbonyl (C=O) groups excluding carboxylic acids is 2. The van der Waals surface area contributed by atoms with Gasteiger partial charge in [0.15, 0.2) is 11.6 Å². The van der Waals surface area contributed by atoms with Crippen molar-refractivity contribution in [1.82, 2.24) is 0 Å². The molecule has 5 heteroatoms. The van der Waals surface area contributed by atoms with Crippen LogP contribution < -0.4 is 0 Å². The number of carboxylic acids is 1. The minimum absolute atomic E-state index is 0.0236. The predicted molar refractivity (Wildman–Crippen MR) is 131 cm³/mol. The van der Waals surface area contributed by atoms with Gasteiger partial charge in [0.2, 0.25) is 0 Å². The van der Waals surface area contributed by atoms with Crippen molar-refractivity contribution in [1.29, 1.82) is 0 Å². The Morgan fingerprint density at radius 1 is 1.15 bits per heavy atom. The molecule has 2 N–H and O–H groups in total. The molecule has 4 aliphatic carbocycles. The summed E-state index contributed by atoms with van der Waals surface area (Å²) in [4.78, 5) is 38.7. The molecule has 0 amide bonds. The van der Waals surface area contributed by atoms with Gasteiger partial charge in [-0.05, 0) is 80.5 Å². The van der Waals surface area contributed by atoms with Gasteiger partial charge in [-0.2, -0.15) is 0 Å². The number of aliphatic carboxylic acids is 1. The SMILES string of the molecule is C=C(CC[C@@H](C)[C@H]1CCC2C3=C(C(=O)C[C@@]21C)[C@@]1(C)CC[C@@H](O)[C@@H](C)C1CC3=O)C(C)C(=O)O. The molecule has 0 aromatic rings. The maximum absolute atomic E-state index is 13.8. The van der Waals surface area contributed by atoms with E-state index in [0.29, 0.717) is 37.5 Å². The number of carboxylic acid groups (broad SMARTS) is 1. The molecular weight excluding hydrogens is 428 g/mol. The average Bonchev–Trinajstić information content (AvgIpc) is 3.11. The molecule has 0 heterocycles. The summed E-state index contributed by atoms with van der Waals surface area (Å²) >= 11 is 0. The lowest BCUT2D eigenvalue weighted by molar-refractivity contribution is -0.140. The monoisotopic (exact) mass is 470 g/mol. The second-order valence-electron chi connectivity index (χ2n) is 12.5. The number of fused-ring (bicyclic) bond motifs is 4. The molecule has 3 unspecified atom stereocenters. The first-order valence-electron chi connectivity index (χ1n) is 13.2. The second kappa shape index (κ2) is 8.72. The van der Waals surface area contributed by atoms with Crippen molar-refractivity contribution in [3.63, 3.8) is 0 Å². The van der Waals surface area contributed by atoms with Crippen molar-refractivity contribution in [3.05, 3.63) is 23.3 Å². The third-order valence-corrected chi connectivity index (χ3v) is 10.7. The van der Waals surface area contributed by atoms with Crippen LogP contribution in [0.4, 0.5) is 0 Å². The Kier molecular flexibility index (Phi) is 6.50. The van der Waals surface area contributed by atoms with E-state index in [1.807, 2.05) is 6.92 Å². The van der Waals surface area contributed by atoms with Gasteiger partial charge in [-0.15, -0.1) is 0 Å². The highest BCUT2D eigenvalue weighted by Gasteiger charge is 2.61. The second-order valence-corrected chi connectivity index (χ2v) is 12.5. The van der Waals surface area contributed by atoms with E-state index in [9.17, 15) is 24.6 Å². The van der Waals surface area contributed by atoms with Gasteiger partial charge >= 0.3 is 5.97 Å². The van der Waals surface area contributed by atoms with Crippen molar-refractivity contribution in [2.45, 2.75) is 92.1 Å². The molecule has 0 aliphatic heterocycles. The third-order valence-electron chi connectivity index (χ3n) is 10.7. The van der Waals surface area contributed by atoms with Crippen LogP contribution in [0.3, 0.4) is 0 Å². The third kappa shape index (κ3) is 3.73. The molecule has 5 nitrogen and oxygen atoms in total. The maximum atomic E-state index is 13.8. The highest BCUT2D eigenvalue weighted by Crippen LogP contribution is 2.65. The molecule has 9 atom stereocenters. The lowest BCUT2D eigenvalue weighted by Crippen LogP contribution is -2.53. The van der Waals surface area contributed by atoms with E-state index in [1.54, 1.807) is 6.92 Å². The van der Waals surface area contributed by atoms with Gasteiger partial charge in [-0.3, -0.25) is 14.4 Å². The standard InChI is InChI=1S/C29H42O5/c1-15(17(3)27(33)34)7-8-16(2)19-9-10-20-25-23(31)13-21-18(4)22(30)11-12-28(21,5)26(25)24(32)14-29(19,20)6/h16-22,30H,1,7-14H2,2-6H3,(H,33,34)/t16-,17?,18+,19-,20?,21?,22-,28+,29-/m1/s1. The van der Waals surface area contributed by atoms with Crippen molar-refractivity contribution in [2.24, 2.45) is 46.3 Å². The minimum Gasteiger partial charge on any atom is -0.481 e. The Labute approximate surface area is 204 Å². The van der Waals surface area contributed by atoms with E-state index >= 15 is 0 Å². The van der Waals surface area contributed by atoms with Crippen LogP contribution in [0.1, 0.15) is 86.0 Å². The van der Waals surface area contributed by atoms with Crippen LogP contribution in [-0.4, -0.2) is 33.9 Å². The quantitative estimate of drug-likeness (QED) is 0.509. The molecule has 2 saturated carbocycles. The number of aliphatic hydroxyl groups is 1. The first-order valence-corrected chi connectivity index (χ1v) is 13.2. The molecule has 0 aromatic carbocycles. The summed E-state index contributed by atoms with van der Waals surface area (Å²) in [6, 6.07) is 0. The minimum atomic E-state index is -0.838. The van der Waals surface area contributed by atoms with Crippen molar-refractivity contribution in [2.75, 3.05) is 0 Å². The number of allylic oxidation sites excluding steroid dienone is 2. The van der Waals surface area contributed by atoms with Crippen LogP contribution in [0.2, 0.25) is 0 Å². The summed E-state index contributed by atoms with van der Waals surface area (Å²) in [5.41, 5.74) is 1.85. The largest absolute Gasteiger partial charge is 0.481 e. The molecule has 0 radical (unpaired) electrons. The zero-order chi connectivity index (χ0) is 25.2. The van der Waals surface area contributed by atoms with Crippen LogP contribution in [0, 0.1) is 46.3 Å². The lowest BCUT2D eigenvalue weighted by atomic mass is 9.48. The number of ketones is 2. The predicted octanol–water partition coefficient (Wildman–Crippen LogP) is 5.37. The summed E-state index contributed by atoms with van der Waals surface area (Å²) in [7, 11) is 0. The normalized spacial score (nSPS) is 41.4. The number of Topliss-reactive ketones (excluding diaryl/α,β-unsaturated/α-hetero) is 2. The Bertz CT molecular complexity index is 946. The van der Waals surface area contributed by atoms with Crippen LogP contribution >= 0.6 is 0 Å². The number of aliphatic hydroxyl groups excluding tert-OH is 1. The molecule has 4 aliphatic rings. The highest BCUT2D eigenvalue weighted by atomic mass is 16.4. The number of hydrogen-bond donors (Lipinski definition) is 2. The summed E-state index contributed by atoms with van der Waals surface area (Å²) < 4.78 is 0. The van der Waals surface area contributed by atoms with E-state index in [2.05, 4.69) is 27.4 Å². The first kappa shape index (κ1) is 25.3. The molecule has 34 heavy (non-hydrogen) atoms. The van der Waals surface area contributed by atoms with E-state index in [0.717, 1.165) is 42.4 Å². The zero-order valence-corrected chi connectivity index (χ0v) is 21.5. The van der Waals surface area contributed by atoms with Gasteiger partial charge in [-0.1, -0.05) is 39.8 Å². The van der Waals surface area contributed by atoms with Crippen LogP contribution in [0.15, 0.2) is 23.3 Å². The molecular formula is C29H42O5. The topological polar surface area (TPSA) is 91.7 Å². The molecule has 0 aromatic heterocycles. The van der Waals surface area contributed by atoms with E-state index < -0.39 is 18.0 Å². The fraction of sp³-hybridized carbons (Fsp3) is 0.759. The van der Waals surface area contributed by atoms with Crippen LogP contribution in [0.25, 0.3) is 0 Å². The van der Waals surface area contributed by atoms with Gasteiger partial charge in [0.25, 0.3) is 0 Å². The number of carbonyl (C=O) groups is 3. The smallest absolute Gasteiger partial charge is 0.310 e. The Hall–Kier alpha value is -1.75. The van der Waals surface area contributed by atoms with Crippen LogP contribution in [-0.2, 0) is 14.4 Å². The summed E-state index contributed by atoms with van der Waals surface area (Å²) in [5, 5.41) is 19.7. The molecule has 2 fully saturated rings.